The van der Waals surface area contributed by atoms with Crippen LogP contribution in [-0.4, -0.2) is 19.8 Å². The third-order valence-corrected chi connectivity index (χ3v) is 3.65. The summed E-state index contributed by atoms with van der Waals surface area (Å²) in [7, 11) is 0. The molecule has 0 atom stereocenters. The summed E-state index contributed by atoms with van der Waals surface area (Å²) in [6.45, 7) is 5.81. The summed E-state index contributed by atoms with van der Waals surface area (Å²) in [6.07, 6.45) is 0. The van der Waals surface area contributed by atoms with Crippen LogP contribution in [0.25, 0.3) is 0 Å². The van der Waals surface area contributed by atoms with Gasteiger partial charge in [-0.05, 0) is 35.7 Å². The van der Waals surface area contributed by atoms with Crippen molar-refractivity contribution >= 4 is 11.3 Å². The molecule has 0 radical (unpaired) electrons. The second kappa shape index (κ2) is 8.74. The molecule has 0 spiro atoms. The first-order valence-corrected chi connectivity index (χ1v) is 7.79. The van der Waals surface area contributed by atoms with Crippen LogP contribution in [-0.2, 0) is 17.9 Å². The zero-order chi connectivity index (χ0) is 14.0. The molecule has 1 N–H and O–H groups in total. The highest BCUT2D eigenvalue weighted by Gasteiger charge is 1.98. The van der Waals surface area contributed by atoms with Crippen LogP contribution in [0, 0.1) is 0 Å². The van der Waals surface area contributed by atoms with Crippen LogP contribution >= 0.6 is 11.3 Å². The van der Waals surface area contributed by atoms with Gasteiger partial charge in [-0.15, -0.1) is 11.3 Å². The standard InChI is InChI=1S/C16H21NO2S/c1-2-17-12-14-5-3-6-15(11-14)19-9-8-18-13-16-7-4-10-20-16/h3-7,10-11,17H,2,8-9,12-13H2,1H3. The molecule has 0 bridgehead atoms. The van der Waals surface area contributed by atoms with Gasteiger partial charge in [0.25, 0.3) is 0 Å². The van der Waals surface area contributed by atoms with Crippen molar-refractivity contribution in [2.75, 3.05) is 19.8 Å². The van der Waals surface area contributed by atoms with Crippen molar-refractivity contribution in [3.8, 4) is 5.75 Å². The van der Waals surface area contributed by atoms with Crippen LogP contribution in [0.15, 0.2) is 41.8 Å². The minimum atomic E-state index is 0.579. The monoisotopic (exact) mass is 291 g/mol. The van der Waals surface area contributed by atoms with Crippen molar-refractivity contribution in [2.45, 2.75) is 20.1 Å². The average Bonchev–Trinajstić information content (AvgIpc) is 2.98. The number of ether oxygens (including phenoxy) is 2. The molecular formula is C16H21NO2S. The first-order valence-electron chi connectivity index (χ1n) is 6.91. The molecule has 20 heavy (non-hydrogen) atoms. The predicted molar refractivity (Wildman–Crippen MR) is 83.3 cm³/mol. The van der Waals surface area contributed by atoms with Gasteiger partial charge < -0.3 is 14.8 Å². The maximum Gasteiger partial charge on any atom is 0.119 e. The van der Waals surface area contributed by atoms with Gasteiger partial charge in [0.2, 0.25) is 0 Å². The van der Waals surface area contributed by atoms with Gasteiger partial charge in [0.15, 0.2) is 0 Å². The van der Waals surface area contributed by atoms with Crippen molar-refractivity contribution in [3.05, 3.63) is 52.2 Å². The van der Waals surface area contributed by atoms with Crippen LogP contribution in [0.2, 0.25) is 0 Å². The van der Waals surface area contributed by atoms with Crippen LogP contribution in [0.1, 0.15) is 17.4 Å². The summed E-state index contributed by atoms with van der Waals surface area (Å²) in [5.41, 5.74) is 1.24. The molecule has 3 nitrogen and oxygen atoms in total. The summed E-state index contributed by atoms with van der Waals surface area (Å²) >= 11 is 1.71. The molecule has 0 unspecified atom stereocenters. The Kier molecular flexibility index (Phi) is 6.57. The van der Waals surface area contributed by atoms with Crippen molar-refractivity contribution < 1.29 is 9.47 Å². The van der Waals surface area contributed by atoms with E-state index in [4.69, 9.17) is 9.47 Å². The van der Waals surface area contributed by atoms with Crippen molar-refractivity contribution in [3.63, 3.8) is 0 Å². The Balaban J connectivity index is 1.65. The van der Waals surface area contributed by atoms with E-state index in [0.717, 1.165) is 18.8 Å². The van der Waals surface area contributed by atoms with E-state index in [1.807, 2.05) is 18.2 Å². The summed E-state index contributed by atoms with van der Waals surface area (Å²) < 4.78 is 11.3. The highest BCUT2D eigenvalue weighted by Crippen LogP contribution is 2.13. The highest BCUT2D eigenvalue weighted by molar-refractivity contribution is 7.09. The third-order valence-electron chi connectivity index (χ3n) is 2.80. The quantitative estimate of drug-likeness (QED) is 0.718. The SMILES string of the molecule is CCNCc1cccc(OCCOCc2cccs2)c1. The molecule has 108 valence electrons. The molecule has 0 fully saturated rings. The van der Waals surface area contributed by atoms with Crippen molar-refractivity contribution in [2.24, 2.45) is 0 Å². The Labute approximate surface area is 124 Å². The average molecular weight is 291 g/mol. The lowest BCUT2D eigenvalue weighted by Gasteiger charge is -2.08. The first kappa shape index (κ1) is 15.0. The van der Waals surface area contributed by atoms with Gasteiger partial charge in [0.05, 0.1) is 13.2 Å². The van der Waals surface area contributed by atoms with E-state index in [1.165, 1.54) is 10.4 Å². The fourth-order valence-corrected chi connectivity index (χ4v) is 2.44. The van der Waals surface area contributed by atoms with Gasteiger partial charge in [0, 0.05) is 11.4 Å². The van der Waals surface area contributed by atoms with Crippen LogP contribution in [0.5, 0.6) is 5.75 Å². The zero-order valence-corrected chi connectivity index (χ0v) is 12.6. The summed E-state index contributed by atoms with van der Waals surface area (Å²) in [5, 5.41) is 5.37. The fraction of sp³-hybridized carbons (Fsp3) is 0.375. The third kappa shape index (κ3) is 5.33. The van der Waals surface area contributed by atoms with E-state index < -0.39 is 0 Å². The van der Waals surface area contributed by atoms with Crippen LogP contribution < -0.4 is 10.1 Å². The fourth-order valence-electron chi connectivity index (χ4n) is 1.80. The number of hydrogen-bond acceptors (Lipinski definition) is 4. The largest absolute Gasteiger partial charge is 0.491 e. The normalized spacial score (nSPS) is 10.7. The maximum atomic E-state index is 5.70. The minimum absolute atomic E-state index is 0.579. The lowest BCUT2D eigenvalue weighted by molar-refractivity contribution is 0.0905. The number of hydrogen-bond donors (Lipinski definition) is 1. The van der Waals surface area contributed by atoms with Crippen molar-refractivity contribution in [1.82, 2.24) is 5.32 Å². The molecule has 1 heterocycles. The number of rotatable bonds is 9. The molecule has 0 aliphatic rings. The molecule has 4 heteroatoms. The second-order valence-corrected chi connectivity index (χ2v) is 5.44. The molecule has 2 rings (SSSR count). The van der Waals surface area contributed by atoms with E-state index in [2.05, 4.69) is 35.8 Å². The summed E-state index contributed by atoms with van der Waals surface area (Å²) in [5.74, 6) is 0.903. The molecule has 0 saturated carbocycles. The summed E-state index contributed by atoms with van der Waals surface area (Å²) in [6, 6.07) is 12.3. The minimum Gasteiger partial charge on any atom is -0.491 e. The number of thiophene rings is 1. The molecule has 0 amide bonds. The Morgan fingerprint density at radius 2 is 2.10 bits per heavy atom. The smallest absolute Gasteiger partial charge is 0.119 e. The van der Waals surface area contributed by atoms with Gasteiger partial charge in [-0.25, -0.2) is 0 Å². The molecule has 2 aromatic rings. The topological polar surface area (TPSA) is 30.5 Å². The van der Waals surface area contributed by atoms with E-state index >= 15 is 0 Å². The Morgan fingerprint density at radius 1 is 1.15 bits per heavy atom. The van der Waals surface area contributed by atoms with Crippen LogP contribution in [0.3, 0.4) is 0 Å². The molecule has 0 saturated heterocycles. The van der Waals surface area contributed by atoms with Gasteiger partial charge in [-0.3, -0.25) is 0 Å². The van der Waals surface area contributed by atoms with Gasteiger partial charge >= 0.3 is 0 Å². The number of benzene rings is 1. The lowest BCUT2D eigenvalue weighted by Crippen LogP contribution is -2.12. The summed E-state index contributed by atoms with van der Waals surface area (Å²) in [4.78, 5) is 1.25. The second-order valence-electron chi connectivity index (χ2n) is 4.41. The van der Waals surface area contributed by atoms with E-state index in [0.29, 0.717) is 19.8 Å². The van der Waals surface area contributed by atoms with Gasteiger partial charge in [0.1, 0.15) is 12.4 Å². The zero-order valence-electron chi connectivity index (χ0n) is 11.8. The first-order chi connectivity index (χ1) is 9.88. The van der Waals surface area contributed by atoms with Crippen molar-refractivity contribution in [1.29, 1.82) is 0 Å². The van der Waals surface area contributed by atoms with E-state index in [9.17, 15) is 0 Å². The van der Waals surface area contributed by atoms with Gasteiger partial charge in [-0.2, -0.15) is 0 Å². The maximum absolute atomic E-state index is 5.70. The Morgan fingerprint density at radius 3 is 2.90 bits per heavy atom. The highest BCUT2D eigenvalue weighted by atomic mass is 32.1. The van der Waals surface area contributed by atoms with E-state index in [1.54, 1.807) is 11.3 Å². The van der Waals surface area contributed by atoms with Gasteiger partial charge in [-0.1, -0.05) is 25.1 Å². The molecule has 1 aromatic heterocycles. The van der Waals surface area contributed by atoms with E-state index in [-0.39, 0.29) is 0 Å². The predicted octanol–water partition coefficient (Wildman–Crippen LogP) is 3.45. The Bertz CT molecular complexity index is 485. The lowest BCUT2D eigenvalue weighted by atomic mass is 10.2. The molecule has 1 aromatic carbocycles. The number of nitrogens with one attached hydrogen (secondary N) is 1. The molecule has 0 aliphatic heterocycles. The molecular weight excluding hydrogens is 270 g/mol. The Hall–Kier alpha value is -1.36. The molecule has 0 aliphatic carbocycles. The van der Waals surface area contributed by atoms with Crippen LogP contribution in [0.4, 0.5) is 0 Å².